The predicted molar refractivity (Wildman–Crippen MR) is 55.6 cm³/mol. The van der Waals surface area contributed by atoms with Gasteiger partial charge in [0.2, 0.25) is 0 Å². The first-order valence-corrected chi connectivity index (χ1v) is 5.87. The number of hydrogen-bond donors (Lipinski definition) is 1. The highest BCUT2D eigenvalue weighted by molar-refractivity contribution is 6.46. The van der Waals surface area contributed by atoms with Crippen LogP contribution in [-0.4, -0.2) is 14.6 Å². The highest BCUT2D eigenvalue weighted by Gasteiger charge is 2.03. The minimum atomic E-state index is -0.979. The average molecular weight is 180 g/mol. The molecular formula is C10H16OSi. The molecule has 2 heteroatoms. The van der Waals surface area contributed by atoms with Crippen LogP contribution in [0, 0.1) is 0 Å². The Labute approximate surface area is 76.4 Å². The van der Waals surface area contributed by atoms with Crippen molar-refractivity contribution in [3.05, 3.63) is 29.3 Å². The SMILES string of the molecule is CCc1cccc([SiH2]O)c1CC. The van der Waals surface area contributed by atoms with Gasteiger partial charge in [0.25, 0.3) is 0 Å². The van der Waals surface area contributed by atoms with Gasteiger partial charge in [-0.3, -0.25) is 0 Å². The van der Waals surface area contributed by atoms with E-state index in [1.807, 2.05) is 0 Å². The van der Waals surface area contributed by atoms with Crippen molar-refractivity contribution in [2.45, 2.75) is 26.7 Å². The Morgan fingerprint density at radius 1 is 1.25 bits per heavy atom. The van der Waals surface area contributed by atoms with Gasteiger partial charge in [-0.05, 0) is 29.2 Å². The Kier molecular flexibility index (Phi) is 3.50. The molecule has 0 heterocycles. The van der Waals surface area contributed by atoms with E-state index >= 15 is 0 Å². The quantitative estimate of drug-likeness (QED) is 0.672. The molecule has 0 radical (unpaired) electrons. The molecule has 0 fully saturated rings. The van der Waals surface area contributed by atoms with E-state index in [0.29, 0.717) is 0 Å². The fraction of sp³-hybridized carbons (Fsp3) is 0.400. The van der Waals surface area contributed by atoms with Crippen LogP contribution in [0.4, 0.5) is 0 Å². The van der Waals surface area contributed by atoms with Gasteiger partial charge in [0, 0.05) is 0 Å². The first-order chi connectivity index (χ1) is 5.83. The van der Waals surface area contributed by atoms with Gasteiger partial charge < -0.3 is 4.80 Å². The number of aryl methyl sites for hydroxylation is 1. The van der Waals surface area contributed by atoms with Gasteiger partial charge in [-0.1, -0.05) is 32.0 Å². The molecule has 0 bridgehead atoms. The van der Waals surface area contributed by atoms with Crippen LogP contribution in [0.3, 0.4) is 0 Å². The van der Waals surface area contributed by atoms with Crippen LogP contribution in [-0.2, 0) is 12.8 Å². The monoisotopic (exact) mass is 180 g/mol. The minimum absolute atomic E-state index is 0.979. The molecule has 1 aromatic carbocycles. The van der Waals surface area contributed by atoms with Crippen molar-refractivity contribution < 1.29 is 4.80 Å². The zero-order valence-corrected chi connectivity index (χ0v) is 9.21. The summed E-state index contributed by atoms with van der Waals surface area (Å²) < 4.78 is 0. The predicted octanol–water partition coefficient (Wildman–Crippen LogP) is 0.513. The average Bonchev–Trinajstić information content (AvgIpc) is 2.16. The van der Waals surface area contributed by atoms with Gasteiger partial charge in [-0.2, -0.15) is 0 Å². The van der Waals surface area contributed by atoms with Crippen LogP contribution in [0.1, 0.15) is 25.0 Å². The van der Waals surface area contributed by atoms with Crippen LogP contribution in [0.15, 0.2) is 18.2 Å². The van der Waals surface area contributed by atoms with Crippen LogP contribution in [0.25, 0.3) is 0 Å². The first-order valence-electron chi connectivity index (χ1n) is 4.54. The van der Waals surface area contributed by atoms with E-state index in [9.17, 15) is 4.80 Å². The molecule has 1 aromatic rings. The molecule has 0 unspecified atom stereocenters. The molecule has 1 nitrogen and oxygen atoms in total. The molecule has 0 aliphatic heterocycles. The summed E-state index contributed by atoms with van der Waals surface area (Å²) in [4.78, 5) is 9.21. The second kappa shape index (κ2) is 4.43. The fourth-order valence-electron chi connectivity index (χ4n) is 1.62. The van der Waals surface area contributed by atoms with E-state index in [-0.39, 0.29) is 0 Å². The summed E-state index contributed by atoms with van der Waals surface area (Å²) in [7, 11) is -0.979. The molecule has 0 saturated carbocycles. The topological polar surface area (TPSA) is 20.2 Å². The largest absolute Gasteiger partial charge is 0.433 e. The van der Waals surface area contributed by atoms with E-state index in [0.717, 1.165) is 12.8 Å². The summed E-state index contributed by atoms with van der Waals surface area (Å²) >= 11 is 0. The van der Waals surface area contributed by atoms with E-state index in [1.165, 1.54) is 16.3 Å². The lowest BCUT2D eigenvalue weighted by molar-refractivity contribution is 0.615. The maximum Gasteiger partial charge on any atom is 0.188 e. The Morgan fingerprint density at radius 2 is 2.00 bits per heavy atom. The number of rotatable bonds is 3. The van der Waals surface area contributed by atoms with Crippen molar-refractivity contribution >= 4 is 14.9 Å². The smallest absolute Gasteiger partial charge is 0.188 e. The zero-order chi connectivity index (χ0) is 8.97. The highest BCUT2D eigenvalue weighted by Crippen LogP contribution is 2.07. The second-order valence-electron chi connectivity index (χ2n) is 2.92. The van der Waals surface area contributed by atoms with Crippen molar-refractivity contribution in [3.63, 3.8) is 0 Å². The molecule has 0 saturated heterocycles. The Balaban J connectivity index is 3.13. The van der Waals surface area contributed by atoms with Crippen molar-refractivity contribution in [1.82, 2.24) is 0 Å². The molecule has 0 aliphatic rings. The van der Waals surface area contributed by atoms with E-state index < -0.39 is 9.76 Å². The standard InChI is InChI=1S/C10H16OSi/c1-3-8-6-5-7-10(12-11)9(8)4-2/h5-7,11H,3-4,12H2,1-2H3. The fourth-order valence-corrected chi connectivity index (χ4v) is 2.53. The van der Waals surface area contributed by atoms with Gasteiger partial charge in [-0.15, -0.1) is 0 Å². The normalized spacial score (nSPS) is 11.2. The van der Waals surface area contributed by atoms with Crippen LogP contribution < -0.4 is 5.19 Å². The van der Waals surface area contributed by atoms with Crippen LogP contribution in [0.5, 0.6) is 0 Å². The molecule has 0 spiro atoms. The molecule has 0 atom stereocenters. The number of hydrogen-bond acceptors (Lipinski definition) is 1. The Hall–Kier alpha value is -0.603. The van der Waals surface area contributed by atoms with Crippen molar-refractivity contribution in [2.75, 3.05) is 0 Å². The van der Waals surface area contributed by atoms with Gasteiger partial charge in [0.05, 0.1) is 0 Å². The van der Waals surface area contributed by atoms with Crippen molar-refractivity contribution in [2.24, 2.45) is 0 Å². The van der Waals surface area contributed by atoms with Gasteiger partial charge >= 0.3 is 0 Å². The lowest BCUT2D eigenvalue weighted by Gasteiger charge is -2.09. The van der Waals surface area contributed by atoms with E-state index in [1.54, 1.807) is 0 Å². The summed E-state index contributed by atoms with van der Waals surface area (Å²) in [5.74, 6) is 0. The Morgan fingerprint density at radius 3 is 2.50 bits per heavy atom. The summed E-state index contributed by atoms with van der Waals surface area (Å²) in [5, 5.41) is 1.22. The molecule has 66 valence electrons. The van der Waals surface area contributed by atoms with Gasteiger partial charge in [0.15, 0.2) is 9.76 Å². The van der Waals surface area contributed by atoms with Crippen LogP contribution in [0.2, 0.25) is 0 Å². The molecule has 0 aliphatic carbocycles. The van der Waals surface area contributed by atoms with Gasteiger partial charge in [0.1, 0.15) is 0 Å². The molecule has 0 aromatic heterocycles. The summed E-state index contributed by atoms with van der Waals surface area (Å²) in [6.45, 7) is 4.32. The molecular weight excluding hydrogens is 164 g/mol. The van der Waals surface area contributed by atoms with Gasteiger partial charge in [-0.25, -0.2) is 0 Å². The lowest BCUT2D eigenvalue weighted by Crippen LogP contribution is -2.20. The maximum absolute atomic E-state index is 9.21. The minimum Gasteiger partial charge on any atom is -0.433 e. The lowest BCUT2D eigenvalue weighted by atomic mass is 10.0. The summed E-state index contributed by atoms with van der Waals surface area (Å²) in [6.07, 6.45) is 2.12. The Bertz CT molecular complexity index is 236. The van der Waals surface area contributed by atoms with E-state index in [4.69, 9.17) is 0 Å². The molecule has 1 N–H and O–H groups in total. The zero-order valence-electron chi connectivity index (χ0n) is 7.80. The van der Waals surface area contributed by atoms with Crippen molar-refractivity contribution in [3.8, 4) is 0 Å². The molecule has 0 amide bonds. The second-order valence-corrected chi connectivity index (χ2v) is 4.00. The summed E-state index contributed by atoms with van der Waals surface area (Å²) in [6, 6.07) is 6.27. The van der Waals surface area contributed by atoms with Crippen LogP contribution >= 0.6 is 0 Å². The third-order valence-corrected chi connectivity index (χ3v) is 3.28. The first kappa shape index (κ1) is 9.48. The third-order valence-electron chi connectivity index (χ3n) is 2.27. The highest BCUT2D eigenvalue weighted by atomic mass is 28.2. The van der Waals surface area contributed by atoms with Crippen molar-refractivity contribution in [1.29, 1.82) is 0 Å². The molecule has 12 heavy (non-hydrogen) atoms. The molecule has 1 rings (SSSR count). The van der Waals surface area contributed by atoms with E-state index in [2.05, 4.69) is 32.0 Å². The summed E-state index contributed by atoms with van der Waals surface area (Å²) in [5.41, 5.74) is 2.78. The maximum atomic E-state index is 9.21. The number of benzene rings is 1. The third kappa shape index (κ3) is 1.76.